The van der Waals surface area contributed by atoms with Gasteiger partial charge in [-0.25, -0.2) is 8.78 Å². The van der Waals surface area contributed by atoms with E-state index in [4.69, 9.17) is 0 Å². The van der Waals surface area contributed by atoms with Crippen LogP contribution in [-0.4, -0.2) is 23.6 Å². The van der Waals surface area contributed by atoms with E-state index in [1.165, 1.54) is 11.8 Å². The van der Waals surface area contributed by atoms with Gasteiger partial charge >= 0.3 is 0 Å². The Bertz CT molecular complexity index is 781. The quantitative estimate of drug-likeness (QED) is 0.766. The third-order valence-corrected chi connectivity index (χ3v) is 4.19. The fraction of sp³-hybridized carbons (Fsp3) is 0.222. The van der Waals surface area contributed by atoms with Gasteiger partial charge in [-0.05, 0) is 38.1 Å². The maximum absolute atomic E-state index is 13.7. The lowest BCUT2D eigenvalue weighted by Gasteiger charge is -2.11. The molecule has 132 valence electrons. The molecule has 2 N–H and O–H groups in total. The molecule has 2 aromatic carbocycles. The number of hydrogen-bond acceptors (Lipinski definition) is 3. The summed E-state index contributed by atoms with van der Waals surface area (Å²) >= 11 is 1.20. The molecule has 0 unspecified atom stereocenters. The second kappa shape index (κ2) is 8.62. The number of benzene rings is 2. The average molecular weight is 364 g/mol. The Balaban J connectivity index is 2.12. The van der Waals surface area contributed by atoms with Crippen molar-refractivity contribution in [3.8, 4) is 0 Å². The Morgan fingerprint density at radius 1 is 1.12 bits per heavy atom. The summed E-state index contributed by atoms with van der Waals surface area (Å²) in [5.41, 5.74) is 0.0517. The highest BCUT2D eigenvalue weighted by molar-refractivity contribution is 8.00. The van der Waals surface area contributed by atoms with E-state index >= 15 is 0 Å². The molecular formula is C18H18F2N2O2S. The number of anilines is 1. The van der Waals surface area contributed by atoms with E-state index in [1.54, 1.807) is 24.3 Å². The van der Waals surface area contributed by atoms with Crippen molar-refractivity contribution in [2.75, 3.05) is 11.1 Å². The number of carbonyl (C=O) groups excluding carboxylic acids is 2. The molecule has 0 atom stereocenters. The van der Waals surface area contributed by atoms with Crippen molar-refractivity contribution in [1.29, 1.82) is 0 Å². The van der Waals surface area contributed by atoms with Crippen LogP contribution in [0.15, 0.2) is 47.4 Å². The maximum Gasteiger partial charge on any atom is 0.256 e. The van der Waals surface area contributed by atoms with Gasteiger partial charge in [0.25, 0.3) is 5.91 Å². The van der Waals surface area contributed by atoms with E-state index in [9.17, 15) is 18.4 Å². The van der Waals surface area contributed by atoms with Crippen LogP contribution in [0.3, 0.4) is 0 Å². The minimum Gasteiger partial charge on any atom is -0.353 e. The first-order valence-electron chi connectivity index (χ1n) is 7.64. The lowest BCUT2D eigenvalue weighted by molar-refractivity contribution is -0.119. The van der Waals surface area contributed by atoms with Crippen molar-refractivity contribution in [1.82, 2.24) is 5.32 Å². The van der Waals surface area contributed by atoms with Crippen LogP contribution in [0.1, 0.15) is 24.2 Å². The van der Waals surface area contributed by atoms with E-state index < -0.39 is 17.5 Å². The fourth-order valence-electron chi connectivity index (χ4n) is 2.07. The molecule has 0 radical (unpaired) electrons. The summed E-state index contributed by atoms with van der Waals surface area (Å²) < 4.78 is 26.9. The van der Waals surface area contributed by atoms with Gasteiger partial charge in [-0.3, -0.25) is 9.59 Å². The van der Waals surface area contributed by atoms with Gasteiger partial charge < -0.3 is 10.6 Å². The SMILES string of the molecule is CC(C)NC(=O)CSc1ccccc1C(=O)Nc1cc(F)ccc1F. The van der Waals surface area contributed by atoms with Crippen LogP contribution in [0.4, 0.5) is 14.5 Å². The zero-order valence-electron chi connectivity index (χ0n) is 13.8. The summed E-state index contributed by atoms with van der Waals surface area (Å²) in [5, 5.41) is 5.12. The van der Waals surface area contributed by atoms with Gasteiger partial charge in [-0.1, -0.05) is 12.1 Å². The van der Waals surface area contributed by atoms with Crippen LogP contribution in [0.25, 0.3) is 0 Å². The Kier molecular flexibility index (Phi) is 6.52. The average Bonchev–Trinajstić information content (AvgIpc) is 2.56. The highest BCUT2D eigenvalue weighted by atomic mass is 32.2. The van der Waals surface area contributed by atoms with Gasteiger partial charge in [0, 0.05) is 17.0 Å². The predicted molar refractivity (Wildman–Crippen MR) is 94.8 cm³/mol. The van der Waals surface area contributed by atoms with Crippen molar-refractivity contribution in [3.63, 3.8) is 0 Å². The smallest absolute Gasteiger partial charge is 0.256 e. The maximum atomic E-state index is 13.7. The molecule has 0 heterocycles. The van der Waals surface area contributed by atoms with Gasteiger partial charge in [0.05, 0.1) is 17.0 Å². The molecule has 0 spiro atoms. The molecule has 0 aromatic heterocycles. The zero-order valence-corrected chi connectivity index (χ0v) is 14.6. The third-order valence-electron chi connectivity index (χ3n) is 3.12. The first kappa shape index (κ1) is 18.9. The number of rotatable bonds is 6. The van der Waals surface area contributed by atoms with Crippen molar-refractivity contribution >= 4 is 29.3 Å². The number of halogens is 2. The molecule has 2 aromatic rings. The van der Waals surface area contributed by atoms with E-state index in [2.05, 4.69) is 10.6 Å². The molecule has 4 nitrogen and oxygen atoms in total. The molecule has 0 aliphatic rings. The van der Waals surface area contributed by atoms with Gasteiger partial charge in [0.2, 0.25) is 5.91 Å². The predicted octanol–water partition coefficient (Wildman–Crippen LogP) is 3.83. The molecule has 0 saturated carbocycles. The van der Waals surface area contributed by atoms with Crippen LogP contribution < -0.4 is 10.6 Å². The van der Waals surface area contributed by atoms with Crippen LogP contribution in [-0.2, 0) is 4.79 Å². The molecule has 0 aliphatic carbocycles. The highest BCUT2D eigenvalue weighted by Gasteiger charge is 2.15. The molecule has 2 amide bonds. The first-order chi connectivity index (χ1) is 11.9. The fourth-order valence-corrected chi connectivity index (χ4v) is 2.93. The monoisotopic (exact) mass is 364 g/mol. The molecule has 0 aliphatic heterocycles. The number of nitrogens with one attached hydrogen (secondary N) is 2. The van der Waals surface area contributed by atoms with Crippen molar-refractivity contribution in [3.05, 3.63) is 59.7 Å². The third kappa shape index (κ3) is 5.56. The van der Waals surface area contributed by atoms with Crippen LogP contribution in [0.2, 0.25) is 0 Å². The summed E-state index contributed by atoms with van der Waals surface area (Å²) in [4.78, 5) is 24.7. The first-order valence-corrected chi connectivity index (χ1v) is 8.63. The van der Waals surface area contributed by atoms with E-state index in [0.717, 1.165) is 18.2 Å². The standard InChI is InChI=1S/C18H18F2N2O2S/c1-11(2)21-17(23)10-25-16-6-4-3-5-13(16)18(24)22-15-9-12(19)7-8-14(15)20/h3-9,11H,10H2,1-2H3,(H,21,23)(H,22,24). The lowest BCUT2D eigenvalue weighted by Crippen LogP contribution is -2.31. The Labute approximate surface area is 149 Å². The highest BCUT2D eigenvalue weighted by Crippen LogP contribution is 2.24. The van der Waals surface area contributed by atoms with Crippen LogP contribution in [0.5, 0.6) is 0 Å². The summed E-state index contributed by atoms with van der Waals surface area (Å²) in [7, 11) is 0. The largest absolute Gasteiger partial charge is 0.353 e. The van der Waals surface area contributed by atoms with Gasteiger partial charge in [0.15, 0.2) is 0 Å². The molecular weight excluding hydrogens is 346 g/mol. The second-order valence-corrected chi connectivity index (χ2v) is 6.60. The van der Waals surface area contributed by atoms with Crippen molar-refractivity contribution in [2.24, 2.45) is 0 Å². The minimum absolute atomic E-state index is 0.0302. The number of thioether (sulfide) groups is 1. The lowest BCUT2D eigenvalue weighted by atomic mass is 10.2. The molecule has 7 heteroatoms. The van der Waals surface area contributed by atoms with Gasteiger partial charge in [0.1, 0.15) is 11.6 Å². The topological polar surface area (TPSA) is 58.2 Å². The van der Waals surface area contributed by atoms with E-state index in [0.29, 0.717) is 4.90 Å². The summed E-state index contributed by atoms with van der Waals surface area (Å²) in [6.07, 6.45) is 0. The summed E-state index contributed by atoms with van der Waals surface area (Å²) in [6, 6.07) is 9.53. The molecule has 0 fully saturated rings. The van der Waals surface area contributed by atoms with Crippen molar-refractivity contribution in [2.45, 2.75) is 24.8 Å². The van der Waals surface area contributed by atoms with Gasteiger partial charge in [-0.15, -0.1) is 11.8 Å². The Hall–Kier alpha value is -2.41. The number of amides is 2. The zero-order chi connectivity index (χ0) is 18.4. The molecule has 0 saturated heterocycles. The Morgan fingerprint density at radius 2 is 1.84 bits per heavy atom. The summed E-state index contributed by atoms with van der Waals surface area (Å²) in [5.74, 6) is -1.94. The summed E-state index contributed by atoms with van der Waals surface area (Å²) in [6.45, 7) is 3.72. The Morgan fingerprint density at radius 3 is 2.56 bits per heavy atom. The van der Waals surface area contributed by atoms with Crippen LogP contribution in [0, 0.1) is 11.6 Å². The number of hydrogen-bond donors (Lipinski definition) is 2. The van der Waals surface area contributed by atoms with E-state index in [1.807, 2.05) is 13.8 Å². The van der Waals surface area contributed by atoms with Crippen LogP contribution >= 0.6 is 11.8 Å². The number of carbonyl (C=O) groups is 2. The normalized spacial score (nSPS) is 10.6. The molecule has 0 bridgehead atoms. The second-order valence-electron chi connectivity index (χ2n) is 5.59. The van der Waals surface area contributed by atoms with E-state index in [-0.39, 0.29) is 29.0 Å². The molecule has 2 rings (SSSR count). The minimum atomic E-state index is -0.726. The molecule has 25 heavy (non-hydrogen) atoms. The van der Waals surface area contributed by atoms with Gasteiger partial charge in [-0.2, -0.15) is 0 Å². The van der Waals surface area contributed by atoms with Crippen molar-refractivity contribution < 1.29 is 18.4 Å².